The molecule has 0 radical (unpaired) electrons. The second kappa shape index (κ2) is 8.41. The van der Waals surface area contributed by atoms with E-state index in [2.05, 4.69) is 24.0 Å². The first kappa shape index (κ1) is 19.7. The minimum atomic E-state index is -0.727. The van der Waals surface area contributed by atoms with Gasteiger partial charge in [-0.1, -0.05) is 24.3 Å². The van der Waals surface area contributed by atoms with Crippen molar-refractivity contribution in [3.63, 3.8) is 0 Å². The number of carbonyl (C=O) groups excluding carboxylic acids is 1. The average molecular weight is 396 g/mol. The molecular formula is C23H28N2O4. The Morgan fingerprint density at radius 3 is 2.66 bits per heavy atom. The van der Waals surface area contributed by atoms with Crippen molar-refractivity contribution in [3.05, 3.63) is 59.5 Å². The van der Waals surface area contributed by atoms with Gasteiger partial charge in [0.2, 0.25) is 0 Å². The van der Waals surface area contributed by atoms with E-state index in [0.717, 1.165) is 32.6 Å². The number of carbonyl (C=O) groups is 2. The van der Waals surface area contributed by atoms with Crippen LogP contribution in [-0.4, -0.2) is 53.0 Å². The molecule has 0 saturated carbocycles. The Labute approximate surface area is 171 Å². The molecule has 2 aliphatic rings. The number of aryl methyl sites for hydroxylation is 1. The maximum atomic E-state index is 13.2. The van der Waals surface area contributed by atoms with E-state index in [1.807, 2.05) is 17.0 Å². The molecule has 1 aromatic carbocycles. The van der Waals surface area contributed by atoms with Crippen LogP contribution in [0.15, 0.2) is 47.1 Å². The third kappa shape index (κ3) is 4.08. The van der Waals surface area contributed by atoms with Gasteiger partial charge in [0.15, 0.2) is 5.76 Å². The summed E-state index contributed by atoms with van der Waals surface area (Å²) in [5.41, 5.74) is 2.42. The molecule has 6 heteroatoms. The van der Waals surface area contributed by atoms with E-state index in [1.165, 1.54) is 11.1 Å². The lowest BCUT2D eigenvalue weighted by Gasteiger charge is -2.30. The fourth-order valence-electron chi connectivity index (χ4n) is 5.00. The van der Waals surface area contributed by atoms with Crippen molar-refractivity contribution in [1.29, 1.82) is 0 Å². The van der Waals surface area contributed by atoms with Crippen molar-refractivity contribution in [2.24, 2.45) is 11.8 Å². The van der Waals surface area contributed by atoms with Gasteiger partial charge >= 0.3 is 5.97 Å². The van der Waals surface area contributed by atoms with Gasteiger partial charge in [-0.2, -0.15) is 0 Å². The number of furan rings is 1. The maximum Gasteiger partial charge on any atom is 0.303 e. The van der Waals surface area contributed by atoms with Crippen LogP contribution in [0.2, 0.25) is 0 Å². The molecular weight excluding hydrogens is 368 g/mol. The van der Waals surface area contributed by atoms with Crippen molar-refractivity contribution in [2.45, 2.75) is 32.2 Å². The van der Waals surface area contributed by atoms with E-state index in [4.69, 9.17) is 9.52 Å². The lowest BCUT2D eigenvalue weighted by molar-refractivity contribution is -0.137. The summed E-state index contributed by atoms with van der Waals surface area (Å²) in [4.78, 5) is 28.3. The molecule has 2 aromatic rings. The minimum absolute atomic E-state index is 0.0364. The number of nitrogens with zero attached hydrogens (tertiary/aromatic N) is 2. The second-order valence-corrected chi connectivity index (χ2v) is 8.27. The van der Waals surface area contributed by atoms with E-state index >= 15 is 0 Å². The average Bonchev–Trinajstić information content (AvgIpc) is 3.41. The lowest BCUT2D eigenvalue weighted by Crippen LogP contribution is -2.36. The van der Waals surface area contributed by atoms with Crippen molar-refractivity contribution in [2.75, 3.05) is 26.2 Å². The topological polar surface area (TPSA) is 74.0 Å². The Morgan fingerprint density at radius 1 is 1.10 bits per heavy atom. The Balaban J connectivity index is 1.51. The molecule has 154 valence electrons. The quantitative estimate of drug-likeness (QED) is 0.724. The van der Waals surface area contributed by atoms with Crippen LogP contribution in [0.4, 0.5) is 0 Å². The summed E-state index contributed by atoms with van der Waals surface area (Å²) >= 11 is 0. The second-order valence-electron chi connectivity index (χ2n) is 8.27. The van der Waals surface area contributed by atoms with E-state index in [0.29, 0.717) is 24.0 Å². The molecule has 3 heterocycles. The van der Waals surface area contributed by atoms with E-state index in [-0.39, 0.29) is 18.4 Å². The van der Waals surface area contributed by atoms with Gasteiger partial charge in [-0.25, -0.2) is 0 Å². The summed E-state index contributed by atoms with van der Waals surface area (Å²) in [6.45, 7) is 5.67. The number of unbranched alkanes of at least 4 members (excludes halogenated alkanes) is 1. The zero-order valence-electron chi connectivity index (χ0n) is 16.8. The summed E-state index contributed by atoms with van der Waals surface area (Å²) in [6, 6.07) is 11.9. The van der Waals surface area contributed by atoms with E-state index < -0.39 is 5.97 Å². The number of aliphatic carboxylic acids is 1. The van der Waals surface area contributed by atoms with Crippen LogP contribution >= 0.6 is 0 Å². The van der Waals surface area contributed by atoms with Gasteiger partial charge in [0.05, 0.1) is 12.3 Å². The molecule has 3 atom stereocenters. The maximum absolute atomic E-state index is 13.2. The summed E-state index contributed by atoms with van der Waals surface area (Å²) in [5, 5.41) is 8.82. The summed E-state index contributed by atoms with van der Waals surface area (Å²) in [5.74, 6) is 0.446. The number of fused-ring (bicyclic) bond motifs is 1. The molecule has 0 spiro atoms. The molecule has 0 aliphatic carbocycles. The molecule has 1 N–H and O–H groups in total. The molecule has 29 heavy (non-hydrogen) atoms. The van der Waals surface area contributed by atoms with E-state index in [9.17, 15) is 9.59 Å². The van der Waals surface area contributed by atoms with Crippen LogP contribution in [0.1, 0.15) is 47.0 Å². The van der Waals surface area contributed by atoms with Crippen molar-refractivity contribution in [1.82, 2.24) is 9.80 Å². The molecule has 6 nitrogen and oxygen atoms in total. The van der Waals surface area contributed by atoms with Gasteiger partial charge in [-0.05, 0) is 55.5 Å². The number of carboxylic acids is 1. The predicted octanol–water partition coefficient (Wildman–Crippen LogP) is 3.59. The predicted molar refractivity (Wildman–Crippen MR) is 109 cm³/mol. The third-order valence-corrected chi connectivity index (χ3v) is 6.35. The summed E-state index contributed by atoms with van der Waals surface area (Å²) in [7, 11) is 0. The van der Waals surface area contributed by atoms with Gasteiger partial charge in [0.25, 0.3) is 5.91 Å². The molecule has 4 rings (SSSR count). The van der Waals surface area contributed by atoms with Gasteiger partial charge in [0.1, 0.15) is 0 Å². The number of benzene rings is 1. The molecule has 0 bridgehead atoms. The number of amides is 1. The normalized spacial score (nSPS) is 24.0. The Kier molecular flexibility index (Phi) is 5.72. The van der Waals surface area contributed by atoms with Gasteiger partial charge in [-0.3, -0.25) is 9.59 Å². The highest BCUT2D eigenvalue weighted by molar-refractivity contribution is 5.92. The largest absolute Gasteiger partial charge is 0.481 e. The van der Waals surface area contributed by atoms with Crippen LogP contribution in [0.3, 0.4) is 0 Å². The fraction of sp³-hybridized carbons (Fsp3) is 0.478. The monoisotopic (exact) mass is 396 g/mol. The molecule has 1 amide bonds. The number of likely N-dealkylation sites (tertiary alicyclic amines) is 2. The fourth-order valence-corrected chi connectivity index (χ4v) is 5.00. The highest BCUT2D eigenvalue weighted by Gasteiger charge is 2.49. The Bertz CT molecular complexity index is 864. The first-order valence-electron chi connectivity index (χ1n) is 10.4. The van der Waals surface area contributed by atoms with Crippen LogP contribution in [0.5, 0.6) is 0 Å². The number of carboxylic acid groups (broad SMARTS) is 1. The lowest BCUT2D eigenvalue weighted by atomic mass is 9.87. The van der Waals surface area contributed by atoms with Crippen molar-refractivity contribution in [3.8, 4) is 0 Å². The standard InChI is InChI=1S/C23H28N2O4/c1-16-7-2-3-8-18(16)22-19-15-24(11-5-4-10-21(26)27)13-17(19)14-25(22)23(28)20-9-6-12-29-20/h2-3,6-9,12,17,19,22H,4-5,10-11,13-15H2,1H3,(H,26,27)/t17-,19-,22+/m0/s1. The molecule has 2 aliphatic heterocycles. The zero-order chi connectivity index (χ0) is 20.4. The number of rotatable bonds is 7. The van der Waals surface area contributed by atoms with Crippen LogP contribution in [0.25, 0.3) is 0 Å². The van der Waals surface area contributed by atoms with Crippen LogP contribution in [0, 0.1) is 18.8 Å². The van der Waals surface area contributed by atoms with Crippen molar-refractivity contribution >= 4 is 11.9 Å². The third-order valence-electron chi connectivity index (χ3n) is 6.35. The Morgan fingerprint density at radius 2 is 1.93 bits per heavy atom. The first-order chi connectivity index (χ1) is 14.0. The minimum Gasteiger partial charge on any atom is -0.481 e. The van der Waals surface area contributed by atoms with Gasteiger partial charge in [-0.15, -0.1) is 0 Å². The molecule has 2 saturated heterocycles. The first-order valence-corrected chi connectivity index (χ1v) is 10.4. The van der Waals surface area contributed by atoms with Gasteiger partial charge in [0, 0.05) is 32.0 Å². The molecule has 2 fully saturated rings. The van der Waals surface area contributed by atoms with Crippen LogP contribution in [-0.2, 0) is 4.79 Å². The summed E-state index contributed by atoms with van der Waals surface area (Å²) < 4.78 is 5.40. The smallest absolute Gasteiger partial charge is 0.303 e. The highest BCUT2D eigenvalue weighted by Crippen LogP contribution is 2.46. The number of hydrogen-bond acceptors (Lipinski definition) is 4. The summed E-state index contributed by atoms with van der Waals surface area (Å²) in [6.07, 6.45) is 3.39. The molecule has 1 aromatic heterocycles. The van der Waals surface area contributed by atoms with Crippen molar-refractivity contribution < 1.29 is 19.1 Å². The highest BCUT2D eigenvalue weighted by atomic mass is 16.4. The zero-order valence-corrected chi connectivity index (χ0v) is 16.8. The Hall–Kier alpha value is -2.60. The van der Waals surface area contributed by atoms with E-state index in [1.54, 1.807) is 18.4 Å². The van der Waals surface area contributed by atoms with Gasteiger partial charge < -0.3 is 19.3 Å². The SMILES string of the molecule is Cc1ccccc1[C@@H]1[C@H]2CN(CCCCC(=O)O)C[C@H]2CN1C(=O)c1ccco1. The number of hydrogen-bond donors (Lipinski definition) is 1. The van der Waals surface area contributed by atoms with Crippen LogP contribution < -0.4 is 0 Å². The molecule has 0 unspecified atom stereocenters.